The van der Waals surface area contributed by atoms with Crippen molar-refractivity contribution in [3.63, 3.8) is 0 Å². The highest BCUT2D eigenvalue weighted by atomic mass is 16.5. The van der Waals surface area contributed by atoms with Crippen molar-refractivity contribution in [3.05, 3.63) is 48.8 Å². The number of hydrogen-bond acceptors (Lipinski definition) is 3. The van der Waals surface area contributed by atoms with Gasteiger partial charge in [0, 0.05) is 24.5 Å². The molecule has 0 saturated heterocycles. The van der Waals surface area contributed by atoms with E-state index in [1.165, 1.54) is 0 Å². The van der Waals surface area contributed by atoms with Crippen molar-refractivity contribution < 1.29 is 4.74 Å². The maximum atomic E-state index is 5.84. The summed E-state index contributed by atoms with van der Waals surface area (Å²) in [6.45, 7) is 10.7. The van der Waals surface area contributed by atoms with E-state index in [1.807, 2.05) is 48.0 Å². The predicted molar refractivity (Wildman–Crippen MR) is 87.3 cm³/mol. The van der Waals surface area contributed by atoms with Gasteiger partial charge in [-0.3, -0.25) is 0 Å². The minimum absolute atomic E-state index is 0.213. The number of aromatic nitrogens is 2. The van der Waals surface area contributed by atoms with Gasteiger partial charge in [-0.1, -0.05) is 19.1 Å². The molecular formula is C17H23N3O. The first-order valence-electron chi connectivity index (χ1n) is 7.30. The van der Waals surface area contributed by atoms with Gasteiger partial charge in [-0.05, 0) is 32.4 Å². The van der Waals surface area contributed by atoms with Crippen LogP contribution in [0.1, 0.15) is 26.0 Å². The van der Waals surface area contributed by atoms with Crippen LogP contribution in [-0.4, -0.2) is 15.7 Å². The second kappa shape index (κ2) is 6.97. The Hall–Kier alpha value is -2.23. The van der Waals surface area contributed by atoms with E-state index in [-0.39, 0.29) is 6.10 Å². The Morgan fingerprint density at radius 2 is 2.29 bits per heavy atom. The average molecular weight is 285 g/mol. The minimum atomic E-state index is 0.213. The second-order valence-electron chi connectivity index (χ2n) is 5.14. The average Bonchev–Trinajstić information content (AvgIpc) is 2.79. The Balaban J connectivity index is 2.16. The van der Waals surface area contributed by atoms with Crippen LogP contribution in [0.5, 0.6) is 5.75 Å². The first-order valence-corrected chi connectivity index (χ1v) is 7.30. The number of ether oxygens (including phenoxy) is 1. The maximum absolute atomic E-state index is 5.84. The molecule has 0 spiro atoms. The molecule has 0 amide bonds. The van der Waals surface area contributed by atoms with E-state index in [0.717, 1.165) is 36.0 Å². The molecule has 0 aliphatic rings. The Morgan fingerprint density at radius 1 is 1.48 bits per heavy atom. The van der Waals surface area contributed by atoms with Crippen molar-refractivity contribution in [1.82, 2.24) is 9.55 Å². The van der Waals surface area contributed by atoms with Gasteiger partial charge in [0.25, 0.3) is 0 Å². The Kier molecular flexibility index (Phi) is 5.04. The number of benzene rings is 1. The number of nitrogens with zero attached hydrogens (tertiary/aromatic N) is 2. The molecule has 1 aromatic carbocycles. The van der Waals surface area contributed by atoms with Crippen molar-refractivity contribution in [1.29, 1.82) is 0 Å². The quantitative estimate of drug-likeness (QED) is 0.771. The normalized spacial score (nSPS) is 12.0. The number of imidazole rings is 1. The molecule has 1 N–H and O–H groups in total. The number of rotatable bonds is 7. The number of hydrogen-bond donors (Lipinski definition) is 1. The van der Waals surface area contributed by atoms with Crippen molar-refractivity contribution in [2.75, 3.05) is 5.32 Å². The molecule has 0 radical (unpaired) electrons. The summed E-state index contributed by atoms with van der Waals surface area (Å²) in [4.78, 5) is 4.49. The second-order valence-corrected chi connectivity index (χ2v) is 5.14. The fourth-order valence-electron chi connectivity index (χ4n) is 2.02. The molecule has 1 atom stereocenters. The zero-order chi connectivity index (χ0) is 15.2. The van der Waals surface area contributed by atoms with Gasteiger partial charge >= 0.3 is 0 Å². The van der Waals surface area contributed by atoms with Crippen LogP contribution < -0.4 is 10.1 Å². The number of anilines is 2. The van der Waals surface area contributed by atoms with Crippen LogP contribution in [0.4, 0.5) is 11.6 Å². The third kappa shape index (κ3) is 4.12. The molecule has 0 saturated carbocycles. The summed E-state index contributed by atoms with van der Waals surface area (Å²) in [6, 6.07) is 7.95. The van der Waals surface area contributed by atoms with Gasteiger partial charge in [-0.25, -0.2) is 4.98 Å². The largest absolute Gasteiger partial charge is 0.491 e. The lowest BCUT2D eigenvalue weighted by atomic mass is 10.3. The number of nitrogens with one attached hydrogen (secondary N) is 1. The van der Waals surface area contributed by atoms with Gasteiger partial charge in [0.2, 0.25) is 5.95 Å². The lowest BCUT2D eigenvalue weighted by molar-refractivity contribution is 0.217. The van der Waals surface area contributed by atoms with Gasteiger partial charge in [0.05, 0.1) is 11.8 Å². The highest BCUT2D eigenvalue weighted by molar-refractivity contribution is 5.56. The van der Waals surface area contributed by atoms with Gasteiger partial charge in [0.1, 0.15) is 5.75 Å². The van der Waals surface area contributed by atoms with E-state index >= 15 is 0 Å². The van der Waals surface area contributed by atoms with E-state index in [2.05, 4.69) is 30.7 Å². The summed E-state index contributed by atoms with van der Waals surface area (Å²) in [5.74, 6) is 1.68. The molecule has 2 aromatic rings. The van der Waals surface area contributed by atoms with Gasteiger partial charge in [-0.15, -0.1) is 6.58 Å². The predicted octanol–water partition coefficient (Wildman–Crippen LogP) is 4.30. The summed E-state index contributed by atoms with van der Waals surface area (Å²) >= 11 is 0. The number of allylic oxidation sites excluding steroid dienone is 1. The van der Waals surface area contributed by atoms with E-state index in [1.54, 1.807) is 0 Å². The molecule has 2 rings (SSSR count). The third-order valence-corrected chi connectivity index (χ3v) is 3.23. The van der Waals surface area contributed by atoms with Crippen LogP contribution in [0, 0.1) is 6.92 Å². The van der Waals surface area contributed by atoms with Crippen LogP contribution in [0.2, 0.25) is 0 Å². The summed E-state index contributed by atoms with van der Waals surface area (Å²) in [7, 11) is 0. The molecule has 1 heterocycles. The van der Waals surface area contributed by atoms with Crippen LogP contribution >= 0.6 is 0 Å². The topological polar surface area (TPSA) is 39.1 Å². The first-order chi connectivity index (χ1) is 10.1. The molecule has 0 fully saturated rings. The molecule has 1 aromatic heterocycles. The van der Waals surface area contributed by atoms with Gasteiger partial charge < -0.3 is 14.6 Å². The molecule has 4 heteroatoms. The molecule has 0 aliphatic carbocycles. The first kappa shape index (κ1) is 15.2. The smallest absolute Gasteiger partial charge is 0.207 e. The Labute approximate surface area is 126 Å². The highest BCUT2D eigenvalue weighted by Crippen LogP contribution is 2.22. The maximum Gasteiger partial charge on any atom is 0.207 e. The van der Waals surface area contributed by atoms with Crippen molar-refractivity contribution in [2.24, 2.45) is 0 Å². The van der Waals surface area contributed by atoms with Crippen molar-refractivity contribution in [3.8, 4) is 5.75 Å². The fraction of sp³-hybridized carbons (Fsp3) is 0.353. The third-order valence-electron chi connectivity index (χ3n) is 3.23. The van der Waals surface area contributed by atoms with E-state index in [9.17, 15) is 0 Å². The zero-order valence-corrected chi connectivity index (χ0v) is 13.0. The lowest BCUT2D eigenvalue weighted by Gasteiger charge is -2.14. The monoisotopic (exact) mass is 285 g/mol. The zero-order valence-electron chi connectivity index (χ0n) is 13.0. The van der Waals surface area contributed by atoms with Crippen LogP contribution in [0.3, 0.4) is 0 Å². The molecule has 4 nitrogen and oxygen atoms in total. The minimum Gasteiger partial charge on any atom is -0.491 e. The van der Waals surface area contributed by atoms with Crippen molar-refractivity contribution >= 4 is 11.6 Å². The van der Waals surface area contributed by atoms with Crippen LogP contribution in [0.15, 0.2) is 43.1 Å². The molecule has 0 bridgehead atoms. The Morgan fingerprint density at radius 3 is 3.00 bits per heavy atom. The van der Waals surface area contributed by atoms with E-state index < -0.39 is 0 Å². The number of aryl methyl sites for hydroxylation is 1. The Bertz CT molecular complexity index is 604. The van der Waals surface area contributed by atoms with E-state index in [4.69, 9.17) is 4.74 Å². The van der Waals surface area contributed by atoms with Gasteiger partial charge in [0.15, 0.2) is 0 Å². The SMILES string of the molecule is C=CCn1cc(C)nc1Nc1cccc(OC(C)CC)c1. The molecule has 0 aliphatic heterocycles. The van der Waals surface area contributed by atoms with Gasteiger partial charge in [-0.2, -0.15) is 0 Å². The fourth-order valence-corrected chi connectivity index (χ4v) is 2.02. The van der Waals surface area contributed by atoms with Crippen molar-refractivity contribution in [2.45, 2.75) is 39.8 Å². The summed E-state index contributed by atoms with van der Waals surface area (Å²) in [5, 5.41) is 3.33. The summed E-state index contributed by atoms with van der Waals surface area (Å²) in [5.41, 5.74) is 1.94. The summed E-state index contributed by atoms with van der Waals surface area (Å²) in [6.07, 6.45) is 5.06. The molecular weight excluding hydrogens is 262 g/mol. The molecule has 112 valence electrons. The standard InChI is InChI=1S/C17H23N3O/c1-5-10-20-12-13(3)18-17(20)19-15-8-7-9-16(11-15)21-14(4)6-2/h5,7-9,11-12,14H,1,6,10H2,2-4H3,(H,18,19). The summed E-state index contributed by atoms with van der Waals surface area (Å²) < 4.78 is 7.87. The molecule has 1 unspecified atom stereocenters. The molecule has 21 heavy (non-hydrogen) atoms. The lowest BCUT2D eigenvalue weighted by Crippen LogP contribution is -2.09. The highest BCUT2D eigenvalue weighted by Gasteiger charge is 2.06. The van der Waals surface area contributed by atoms with E-state index in [0.29, 0.717) is 0 Å². The van der Waals surface area contributed by atoms with Crippen LogP contribution in [0.25, 0.3) is 0 Å². The van der Waals surface area contributed by atoms with Crippen LogP contribution in [-0.2, 0) is 6.54 Å².